The van der Waals surface area contributed by atoms with Gasteiger partial charge >= 0.3 is 0 Å². The summed E-state index contributed by atoms with van der Waals surface area (Å²) in [5.41, 5.74) is 5.50. The van der Waals surface area contributed by atoms with Crippen molar-refractivity contribution in [1.82, 2.24) is 20.6 Å². The Labute approximate surface area is 230 Å². The number of carbonyl (C=O) groups excluding carboxylic acids is 2. The first-order valence-electron chi connectivity index (χ1n) is 13.4. The van der Waals surface area contributed by atoms with E-state index in [0.717, 1.165) is 35.2 Å². The smallest absolute Gasteiger partial charge is 0.276 e. The predicted octanol–water partition coefficient (Wildman–Crippen LogP) is 5.08. The molecular weight excluding hydrogens is 513 g/mol. The van der Waals surface area contributed by atoms with Crippen LogP contribution >= 0.6 is 0 Å². The molecule has 2 aromatic carbocycles. The molecule has 1 aliphatic carbocycles. The van der Waals surface area contributed by atoms with Gasteiger partial charge in [0.2, 0.25) is 5.91 Å². The predicted molar refractivity (Wildman–Crippen MR) is 146 cm³/mol. The van der Waals surface area contributed by atoms with Gasteiger partial charge in [-0.05, 0) is 79.7 Å². The van der Waals surface area contributed by atoms with E-state index in [1.165, 1.54) is 12.1 Å². The number of rotatable bonds is 7. The van der Waals surface area contributed by atoms with E-state index < -0.39 is 29.6 Å². The van der Waals surface area contributed by atoms with Crippen LogP contribution in [0.1, 0.15) is 58.7 Å². The molecule has 9 nitrogen and oxygen atoms in total. The molecule has 0 saturated heterocycles. The Morgan fingerprint density at radius 3 is 2.60 bits per heavy atom. The van der Waals surface area contributed by atoms with Gasteiger partial charge in [-0.25, -0.2) is 9.02 Å². The number of hydrogen-bond donors (Lipinski definition) is 3. The van der Waals surface area contributed by atoms with Crippen molar-refractivity contribution in [3.8, 4) is 16.9 Å². The Morgan fingerprint density at radius 2 is 1.93 bits per heavy atom. The molecule has 206 valence electrons. The molecule has 1 saturated carbocycles. The highest BCUT2D eigenvalue weighted by Crippen LogP contribution is 2.61. The number of amides is 2. The minimum Gasteiger partial charge on any atom is -0.493 e. The molecule has 2 aromatic heterocycles. The molecule has 2 atom stereocenters. The Kier molecular flexibility index (Phi) is 6.40. The van der Waals surface area contributed by atoms with E-state index in [9.17, 15) is 14.0 Å². The van der Waals surface area contributed by atoms with E-state index in [0.29, 0.717) is 35.7 Å². The van der Waals surface area contributed by atoms with E-state index in [1.807, 2.05) is 51.2 Å². The summed E-state index contributed by atoms with van der Waals surface area (Å²) in [6.45, 7) is 6.27. The second-order valence-corrected chi connectivity index (χ2v) is 10.7. The van der Waals surface area contributed by atoms with E-state index in [-0.39, 0.29) is 11.1 Å². The normalized spacial score (nSPS) is 17.6. The summed E-state index contributed by atoms with van der Waals surface area (Å²) in [5.74, 6) is -1.43. The number of hydrogen-bond acceptors (Lipinski definition) is 6. The van der Waals surface area contributed by atoms with Gasteiger partial charge in [-0.1, -0.05) is 24.2 Å². The largest absolute Gasteiger partial charge is 0.493 e. The number of nitrogens with zero attached hydrogens (tertiary/aromatic N) is 2. The number of aromatic nitrogens is 3. The quantitative estimate of drug-likeness (QED) is 0.299. The molecule has 1 spiro atoms. The van der Waals surface area contributed by atoms with Gasteiger partial charge in [0.05, 0.1) is 6.61 Å². The van der Waals surface area contributed by atoms with Gasteiger partial charge in [0.25, 0.3) is 5.91 Å². The highest BCUT2D eigenvalue weighted by molar-refractivity contribution is 6.01. The molecule has 2 amide bonds. The van der Waals surface area contributed by atoms with Crippen LogP contribution in [-0.4, -0.2) is 39.8 Å². The first-order valence-corrected chi connectivity index (χ1v) is 13.4. The Hall–Kier alpha value is -4.47. The number of halogens is 1. The fourth-order valence-electron chi connectivity index (χ4n) is 5.85. The van der Waals surface area contributed by atoms with E-state index in [4.69, 9.17) is 9.37 Å². The number of aromatic amines is 1. The number of fused-ring (bicyclic) bond motifs is 1. The summed E-state index contributed by atoms with van der Waals surface area (Å²) in [7, 11) is 0. The maximum atomic E-state index is 14.5. The molecule has 2 aliphatic rings. The van der Waals surface area contributed by atoms with E-state index >= 15 is 0 Å². The van der Waals surface area contributed by atoms with Crippen molar-refractivity contribution in [3.05, 3.63) is 82.7 Å². The van der Waals surface area contributed by atoms with Gasteiger partial charge in [0, 0.05) is 40.0 Å². The van der Waals surface area contributed by atoms with Crippen molar-refractivity contribution in [2.24, 2.45) is 5.41 Å². The molecule has 1 unspecified atom stereocenters. The average molecular weight is 544 g/mol. The van der Waals surface area contributed by atoms with Crippen molar-refractivity contribution < 1.29 is 23.3 Å². The van der Waals surface area contributed by atoms with Crippen molar-refractivity contribution in [2.75, 3.05) is 11.9 Å². The zero-order chi connectivity index (χ0) is 28.0. The van der Waals surface area contributed by atoms with Crippen LogP contribution in [0.3, 0.4) is 0 Å². The molecule has 3 N–H and O–H groups in total. The minimum absolute atomic E-state index is 0.0262. The zero-order valence-electron chi connectivity index (χ0n) is 22.5. The van der Waals surface area contributed by atoms with E-state index in [2.05, 4.69) is 25.9 Å². The Bertz CT molecular complexity index is 1570. The van der Waals surface area contributed by atoms with Crippen LogP contribution in [0.5, 0.6) is 5.75 Å². The van der Waals surface area contributed by atoms with Gasteiger partial charge in [0.1, 0.15) is 23.3 Å². The SMILES string of the molecule is CCc1nonc1C(=O)N[C@H](C(=O)Nc1ccc(-c2c(C)c[nH]c2C)cc1)C1c2cc(F)ccc2OCC12CC2. The summed E-state index contributed by atoms with van der Waals surface area (Å²) in [6, 6.07) is 10.8. The van der Waals surface area contributed by atoms with Crippen LogP contribution in [0, 0.1) is 25.1 Å². The highest BCUT2D eigenvalue weighted by Gasteiger charge is 2.58. The number of ether oxygens (including phenoxy) is 1. The molecule has 1 fully saturated rings. The fourth-order valence-corrected chi connectivity index (χ4v) is 5.85. The zero-order valence-corrected chi connectivity index (χ0v) is 22.5. The van der Waals surface area contributed by atoms with Crippen LogP contribution in [0.2, 0.25) is 0 Å². The molecular formula is C30H30FN5O4. The Morgan fingerprint density at radius 1 is 1.15 bits per heavy atom. The Balaban J connectivity index is 1.34. The topological polar surface area (TPSA) is 122 Å². The second kappa shape index (κ2) is 9.93. The third-order valence-corrected chi connectivity index (χ3v) is 8.10. The number of nitrogens with one attached hydrogen (secondary N) is 3. The third kappa shape index (κ3) is 4.53. The maximum absolute atomic E-state index is 14.5. The number of anilines is 1. The summed E-state index contributed by atoms with van der Waals surface area (Å²) >= 11 is 0. The molecule has 0 radical (unpaired) electrons. The number of aryl methyl sites for hydroxylation is 3. The monoisotopic (exact) mass is 543 g/mol. The van der Waals surface area contributed by atoms with Gasteiger partial charge in [0.15, 0.2) is 5.69 Å². The highest BCUT2D eigenvalue weighted by atomic mass is 19.1. The minimum atomic E-state index is -1.03. The van der Waals surface area contributed by atoms with Crippen LogP contribution < -0.4 is 15.4 Å². The maximum Gasteiger partial charge on any atom is 0.276 e. The molecule has 10 heteroatoms. The van der Waals surface area contributed by atoms with Gasteiger partial charge in [-0.3, -0.25) is 9.59 Å². The standard InChI is InChI=1S/C30H30FN5O4/c1-4-22-26(36-40-35-22)28(37)34-27(25-21-13-19(31)7-10-23(21)39-15-30(25)11-12-30)29(38)33-20-8-5-18(6-9-20)24-16(2)14-32-17(24)3/h5-10,13-14,25,27,32H,4,11-12,15H2,1-3H3,(H,33,38)(H,34,37)/t25?,27-/m0/s1. The lowest BCUT2D eigenvalue weighted by molar-refractivity contribution is -0.119. The number of H-pyrrole nitrogens is 1. The van der Waals surface area contributed by atoms with Crippen LogP contribution in [0.25, 0.3) is 11.1 Å². The van der Waals surface area contributed by atoms with Crippen LogP contribution in [0.15, 0.2) is 53.3 Å². The number of carbonyl (C=O) groups is 2. The fraction of sp³-hybridized carbons (Fsp3) is 0.333. The van der Waals surface area contributed by atoms with Crippen molar-refractivity contribution in [2.45, 2.75) is 52.0 Å². The van der Waals surface area contributed by atoms with Crippen LogP contribution in [-0.2, 0) is 11.2 Å². The number of benzene rings is 2. The summed E-state index contributed by atoms with van der Waals surface area (Å²) in [6.07, 6.45) is 3.99. The molecule has 4 aromatic rings. The second-order valence-electron chi connectivity index (χ2n) is 10.7. The first-order chi connectivity index (χ1) is 19.3. The lowest BCUT2D eigenvalue weighted by Crippen LogP contribution is -2.52. The van der Waals surface area contributed by atoms with Crippen molar-refractivity contribution in [3.63, 3.8) is 0 Å². The molecule has 6 rings (SSSR count). The molecule has 1 aliphatic heterocycles. The van der Waals surface area contributed by atoms with Gasteiger partial charge < -0.3 is 20.4 Å². The first kappa shape index (κ1) is 25.8. The molecule has 40 heavy (non-hydrogen) atoms. The third-order valence-electron chi connectivity index (χ3n) is 8.10. The summed E-state index contributed by atoms with van der Waals surface area (Å²) in [5, 5.41) is 13.4. The van der Waals surface area contributed by atoms with Gasteiger partial charge in [-0.2, -0.15) is 0 Å². The lowest BCUT2D eigenvalue weighted by Gasteiger charge is -2.38. The molecule has 0 bridgehead atoms. The molecule has 3 heterocycles. The van der Waals surface area contributed by atoms with Crippen molar-refractivity contribution >= 4 is 17.5 Å². The summed E-state index contributed by atoms with van der Waals surface area (Å²) < 4.78 is 25.2. The lowest BCUT2D eigenvalue weighted by atomic mass is 9.75. The average Bonchev–Trinajstić information content (AvgIpc) is 3.39. The van der Waals surface area contributed by atoms with Crippen molar-refractivity contribution in [1.29, 1.82) is 0 Å². The summed E-state index contributed by atoms with van der Waals surface area (Å²) in [4.78, 5) is 30.6. The van der Waals surface area contributed by atoms with Gasteiger partial charge in [-0.15, -0.1) is 0 Å². The van der Waals surface area contributed by atoms with Crippen LogP contribution in [0.4, 0.5) is 10.1 Å². The van der Waals surface area contributed by atoms with E-state index in [1.54, 1.807) is 6.07 Å².